The first kappa shape index (κ1) is 16.6. The van der Waals surface area contributed by atoms with Gasteiger partial charge in [-0.3, -0.25) is 9.53 Å². The SMILES string of the molecule is CC(CS(C)=O)N(C)C(=O)Nc1cc(-c2ccccc2)ns1. The fraction of sp³-hybridized carbons (Fsp3) is 0.333. The van der Waals surface area contributed by atoms with Crippen LogP contribution in [0.25, 0.3) is 11.3 Å². The Balaban J connectivity index is 2.01. The molecule has 2 amide bonds. The van der Waals surface area contributed by atoms with E-state index in [-0.39, 0.29) is 12.1 Å². The van der Waals surface area contributed by atoms with E-state index >= 15 is 0 Å². The van der Waals surface area contributed by atoms with Gasteiger partial charge >= 0.3 is 6.03 Å². The minimum atomic E-state index is -0.931. The second-order valence-corrected chi connectivity index (χ2v) is 7.36. The topological polar surface area (TPSA) is 62.3 Å². The van der Waals surface area contributed by atoms with Gasteiger partial charge in [-0.25, -0.2) is 4.79 Å². The van der Waals surface area contributed by atoms with Crippen LogP contribution in [-0.4, -0.2) is 44.6 Å². The molecule has 2 atom stereocenters. The lowest BCUT2D eigenvalue weighted by atomic mass is 10.2. The Morgan fingerprint density at radius 1 is 1.41 bits per heavy atom. The zero-order valence-corrected chi connectivity index (χ0v) is 14.4. The molecule has 5 nitrogen and oxygen atoms in total. The van der Waals surface area contributed by atoms with Gasteiger partial charge in [0.15, 0.2) is 0 Å². The molecule has 7 heteroatoms. The van der Waals surface area contributed by atoms with Crippen molar-refractivity contribution in [3.63, 3.8) is 0 Å². The maximum atomic E-state index is 12.2. The van der Waals surface area contributed by atoms with Gasteiger partial charge < -0.3 is 4.90 Å². The van der Waals surface area contributed by atoms with E-state index in [9.17, 15) is 9.00 Å². The number of anilines is 1. The van der Waals surface area contributed by atoms with E-state index in [1.165, 1.54) is 11.5 Å². The number of urea groups is 1. The Kier molecular flexibility index (Phi) is 5.68. The van der Waals surface area contributed by atoms with Crippen LogP contribution in [0.4, 0.5) is 9.80 Å². The number of nitrogens with zero attached hydrogens (tertiary/aromatic N) is 2. The summed E-state index contributed by atoms with van der Waals surface area (Å²) >= 11 is 1.25. The van der Waals surface area contributed by atoms with E-state index in [0.29, 0.717) is 10.8 Å². The van der Waals surface area contributed by atoms with Gasteiger partial charge in [0, 0.05) is 47.5 Å². The van der Waals surface area contributed by atoms with Crippen LogP contribution in [0.5, 0.6) is 0 Å². The summed E-state index contributed by atoms with van der Waals surface area (Å²) in [5.74, 6) is 0.460. The third kappa shape index (κ3) is 4.38. The van der Waals surface area contributed by atoms with Crippen LogP contribution in [0.1, 0.15) is 6.92 Å². The number of amides is 2. The summed E-state index contributed by atoms with van der Waals surface area (Å²) in [7, 11) is 0.769. The summed E-state index contributed by atoms with van der Waals surface area (Å²) in [5.41, 5.74) is 1.86. The van der Waals surface area contributed by atoms with Crippen molar-refractivity contribution in [2.45, 2.75) is 13.0 Å². The van der Waals surface area contributed by atoms with Crippen LogP contribution in [-0.2, 0) is 10.8 Å². The van der Waals surface area contributed by atoms with Crippen molar-refractivity contribution in [1.82, 2.24) is 9.27 Å². The maximum absolute atomic E-state index is 12.2. The summed E-state index contributed by atoms with van der Waals surface area (Å²) in [6, 6.07) is 11.4. The fourth-order valence-corrected chi connectivity index (χ4v) is 3.48. The first-order chi connectivity index (χ1) is 10.5. The summed E-state index contributed by atoms with van der Waals surface area (Å²) in [6.45, 7) is 1.88. The molecule has 1 aromatic carbocycles. The molecule has 0 spiro atoms. The maximum Gasteiger partial charge on any atom is 0.322 e. The molecular formula is C15H19N3O2S2. The molecule has 1 heterocycles. The molecule has 2 unspecified atom stereocenters. The lowest BCUT2D eigenvalue weighted by Gasteiger charge is -2.23. The number of benzene rings is 1. The molecule has 2 rings (SSSR count). The molecule has 0 aliphatic heterocycles. The Labute approximate surface area is 137 Å². The molecule has 1 aromatic heterocycles. The van der Waals surface area contributed by atoms with Crippen molar-refractivity contribution in [3.8, 4) is 11.3 Å². The lowest BCUT2D eigenvalue weighted by molar-refractivity contribution is 0.212. The first-order valence-corrected chi connectivity index (χ1v) is 9.33. The van der Waals surface area contributed by atoms with Gasteiger partial charge in [0.05, 0.1) is 5.69 Å². The number of nitrogens with one attached hydrogen (secondary N) is 1. The smallest absolute Gasteiger partial charge is 0.322 e. The molecule has 0 saturated heterocycles. The van der Waals surface area contributed by atoms with Gasteiger partial charge in [-0.15, -0.1) is 0 Å². The van der Waals surface area contributed by atoms with Crippen molar-refractivity contribution in [2.24, 2.45) is 0 Å². The first-order valence-electron chi connectivity index (χ1n) is 6.83. The van der Waals surface area contributed by atoms with Gasteiger partial charge in [0.1, 0.15) is 5.00 Å². The summed E-state index contributed by atoms with van der Waals surface area (Å²) < 4.78 is 15.6. The van der Waals surface area contributed by atoms with Crippen molar-refractivity contribution in [2.75, 3.05) is 24.4 Å². The standard InChI is InChI=1S/C15H19N3O2S2/c1-11(10-22(3)20)18(2)15(19)16-14-9-13(17-21-14)12-7-5-4-6-8-12/h4-9,11H,10H2,1-3H3,(H,16,19). The molecule has 0 saturated carbocycles. The highest BCUT2D eigenvalue weighted by Gasteiger charge is 2.17. The van der Waals surface area contributed by atoms with E-state index in [4.69, 9.17) is 0 Å². The third-order valence-electron chi connectivity index (χ3n) is 3.27. The van der Waals surface area contributed by atoms with Crippen LogP contribution in [0.15, 0.2) is 36.4 Å². The van der Waals surface area contributed by atoms with Crippen molar-refractivity contribution >= 4 is 33.4 Å². The lowest BCUT2D eigenvalue weighted by Crippen LogP contribution is -2.40. The Morgan fingerprint density at radius 2 is 2.09 bits per heavy atom. The second-order valence-electron chi connectivity index (χ2n) is 5.07. The van der Waals surface area contributed by atoms with Crippen molar-refractivity contribution in [3.05, 3.63) is 36.4 Å². The Hall–Kier alpha value is -1.73. The van der Waals surface area contributed by atoms with Crippen LogP contribution >= 0.6 is 11.5 Å². The van der Waals surface area contributed by atoms with Crippen LogP contribution in [0.2, 0.25) is 0 Å². The predicted octanol–water partition coefficient (Wildman–Crippen LogP) is 3.04. The molecule has 0 aliphatic carbocycles. The number of rotatable bonds is 5. The van der Waals surface area contributed by atoms with Gasteiger partial charge in [-0.05, 0) is 18.5 Å². The third-order valence-corrected chi connectivity index (χ3v) is 4.92. The zero-order chi connectivity index (χ0) is 16.1. The number of carbonyl (C=O) groups excluding carboxylic acids is 1. The minimum absolute atomic E-state index is 0.0904. The molecule has 0 radical (unpaired) electrons. The molecule has 118 valence electrons. The quantitative estimate of drug-likeness (QED) is 0.912. The van der Waals surface area contributed by atoms with Crippen LogP contribution < -0.4 is 5.32 Å². The number of carbonyl (C=O) groups is 1. The normalized spacial score (nSPS) is 13.4. The zero-order valence-electron chi connectivity index (χ0n) is 12.8. The highest BCUT2D eigenvalue weighted by molar-refractivity contribution is 7.84. The average molecular weight is 337 g/mol. The molecule has 0 bridgehead atoms. The fourth-order valence-electron chi connectivity index (χ4n) is 1.92. The molecule has 2 aromatic rings. The van der Waals surface area contributed by atoms with E-state index in [0.717, 1.165) is 11.3 Å². The highest BCUT2D eigenvalue weighted by atomic mass is 32.2. The van der Waals surface area contributed by atoms with Gasteiger partial charge in [0.25, 0.3) is 0 Å². The molecule has 22 heavy (non-hydrogen) atoms. The molecule has 0 aliphatic rings. The minimum Gasteiger partial charge on any atom is -0.324 e. The number of hydrogen-bond acceptors (Lipinski definition) is 4. The number of aromatic nitrogens is 1. The van der Waals surface area contributed by atoms with Crippen molar-refractivity contribution in [1.29, 1.82) is 0 Å². The van der Waals surface area contributed by atoms with E-state index < -0.39 is 10.8 Å². The Morgan fingerprint density at radius 3 is 2.73 bits per heavy atom. The monoisotopic (exact) mass is 337 g/mol. The molecular weight excluding hydrogens is 318 g/mol. The van der Waals surface area contributed by atoms with E-state index in [1.54, 1.807) is 18.2 Å². The summed E-state index contributed by atoms with van der Waals surface area (Å²) in [5, 5.41) is 3.52. The summed E-state index contributed by atoms with van der Waals surface area (Å²) in [4.78, 5) is 13.7. The second kappa shape index (κ2) is 7.51. The van der Waals surface area contributed by atoms with Crippen LogP contribution in [0, 0.1) is 0 Å². The largest absolute Gasteiger partial charge is 0.324 e. The van der Waals surface area contributed by atoms with Gasteiger partial charge in [0.2, 0.25) is 0 Å². The predicted molar refractivity (Wildman–Crippen MR) is 92.7 cm³/mol. The number of hydrogen-bond donors (Lipinski definition) is 1. The average Bonchev–Trinajstić information content (AvgIpc) is 2.95. The van der Waals surface area contributed by atoms with Crippen LogP contribution in [0.3, 0.4) is 0 Å². The van der Waals surface area contributed by atoms with E-state index in [2.05, 4.69) is 9.69 Å². The van der Waals surface area contributed by atoms with E-state index in [1.807, 2.05) is 43.3 Å². The van der Waals surface area contributed by atoms with Crippen molar-refractivity contribution < 1.29 is 9.00 Å². The van der Waals surface area contributed by atoms with Gasteiger partial charge in [-0.1, -0.05) is 30.3 Å². The highest BCUT2D eigenvalue weighted by Crippen LogP contribution is 2.25. The summed E-state index contributed by atoms with van der Waals surface area (Å²) in [6.07, 6.45) is 1.64. The molecule has 0 fully saturated rings. The Bertz CT molecular complexity index is 658. The van der Waals surface area contributed by atoms with Gasteiger partial charge in [-0.2, -0.15) is 4.37 Å². The molecule has 1 N–H and O–H groups in total.